The van der Waals surface area contributed by atoms with Gasteiger partial charge in [0.15, 0.2) is 0 Å². The van der Waals surface area contributed by atoms with E-state index in [1.807, 2.05) is 50.2 Å². The summed E-state index contributed by atoms with van der Waals surface area (Å²) in [4.78, 5) is 12.9. The molecule has 20 heavy (non-hydrogen) atoms. The molecule has 0 fully saturated rings. The number of aryl methyl sites for hydroxylation is 2. The third-order valence-corrected chi connectivity index (χ3v) is 3.87. The number of nitrogen functional groups attached to an aromatic ring is 1. The molecular formula is C16H18N2OS. The van der Waals surface area contributed by atoms with Crippen LogP contribution >= 0.6 is 11.8 Å². The largest absolute Gasteiger partial charge is 0.398 e. The summed E-state index contributed by atoms with van der Waals surface area (Å²) < 4.78 is 0. The number of nitrogens with one attached hydrogen (secondary N) is 1. The van der Waals surface area contributed by atoms with Gasteiger partial charge in [0.1, 0.15) is 0 Å². The van der Waals surface area contributed by atoms with Gasteiger partial charge < -0.3 is 11.1 Å². The highest BCUT2D eigenvalue weighted by Gasteiger charge is 2.06. The lowest BCUT2D eigenvalue weighted by atomic mass is 10.1. The van der Waals surface area contributed by atoms with Crippen LogP contribution in [0.5, 0.6) is 0 Å². The van der Waals surface area contributed by atoms with Gasteiger partial charge in [-0.3, -0.25) is 4.79 Å². The molecule has 1 amide bonds. The molecule has 0 spiro atoms. The number of carbonyl (C=O) groups is 1. The summed E-state index contributed by atoms with van der Waals surface area (Å²) in [6.45, 7) is 4.03. The lowest BCUT2D eigenvalue weighted by molar-refractivity contribution is -0.113. The van der Waals surface area contributed by atoms with Gasteiger partial charge in [0, 0.05) is 16.3 Å². The standard InChI is InChI=1S/C16H18N2OS/c1-11-7-12(2)9-13(8-11)18-16(19)10-20-15-6-4-3-5-14(15)17/h3-9H,10,17H2,1-2H3,(H,18,19). The Balaban J connectivity index is 1.94. The van der Waals surface area contributed by atoms with Crippen LogP contribution in [0.2, 0.25) is 0 Å². The first kappa shape index (κ1) is 14.5. The summed E-state index contributed by atoms with van der Waals surface area (Å²) in [5.41, 5.74) is 9.67. The molecule has 0 aromatic heterocycles. The van der Waals surface area contributed by atoms with Crippen molar-refractivity contribution < 1.29 is 4.79 Å². The second-order valence-electron chi connectivity index (χ2n) is 4.75. The van der Waals surface area contributed by atoms with Crippen molar-refractivity contribution in [2.24, 2.45) is 0 Å². The average molecular weight is 286 g/mol. The molecule has 0 bridgehead atoms. The molecule has 3 N–H and O–H groups in total. The smallest absolute Gasteiger partial charge is 0.234 e. The van der Waals surface area contributed by atoms with Crippen molar-refractivity contribution in [3.8, 4) is 0 Å². The molecule has 4 heteroatoms. The summed E-state index contributed by atoms with van der Waals surface area (Å²) in [6, 6.07) is 13.6. The van der Waals surface area contributed by atoms with Crippen molar-refractivity contribution in [3.05, 3.63) is 53.6 Å². The second kappa shape index (κ2) is 6.48. The Morgan fingerprint density at radius 3 is 2.45 bits per heavy atom. The van der Waals surface area contributed by atoms with E-state index in [1.165, 1.54) is 11.8 Å². The molecule has 2 rings (SSSR count). The first-order valence-corrected chi connectivity index (χ1v) is 7.38. The van der Waals surface area contributed by atoms with Gasteiger partial charge in [-0.25, -0.2) is 0 Å². The van der Waals surface area contributed by atoms with Crippen molar-refractivity contribution >= 4 is 29.0 Å². The third-order valence-electron chi connectivity index (χ3n) is 2.78. The van der Waals surface area contributed by atoms with Crippen LogP contribution in [-0.2, 0) is 4.79 Å². The maximum absolute atomic E-state index is 11.9. The van der Waals surface area contributed by atoms with Crippen molar-refractivity contribution in [2.45, 2.75) is 18.7 Å². The van der Waals surface area contributed by atoms with Gasteiger partial charge in [-0.15, -0.1) is 11.8 Å². The highest BCUT2D eigenvalue weighted by molar-refractivity contribution is 8.00. The van der Waals surface area contributed by atoms with Crippen molar-refractivity contribution in [3.63, 3.8) is 0 Å². The van der Waals surface area contributed by atoms with Crippen molar-refractivity contribution in [1.82, 2.24) is 0 Å². The molecule has 0 unspecified atom stereocenters. The number of thioether (sulfide) groups is 1. The van der Waals surface area contributed by atoms with E-state index in [0.717, 1.165) is 21.7 Å². The number of carbonyl (C=O) groups excluding carboxylic acids is 1. The number of nitrogens with two attached hydrogens (primary N) is 1. The Morgan fingerprint density at radius 1 is 1.15 bits per heavy atom. The minimum absolute atomic E-state index is 0.0248. The van der Waals surface area contributed by atoms with E-state index >= 15 is 0 Å². The Bertz CT molecular complexity index is 605. The van der Waals surface area contributed by atoms with Gasteiger partial charge in [-0.05, 0) is 49.2 Å². The van der Waals surface area contributed by atoms with Crippen molar-refractivity contribution in [1.29, 1.82) is 0 Å². The Morgan fingerprint density at radius 2 is 1.80 bits per heavy atom. The SMILES string of the molecule is Cc1cc(C)cc(NC(=O)CSc2ccccc2N)c1. The number of amides is 1. The van der Waals surface area contributed by atoms with E-state index < -0.39 is 0 Å². The summed E-state index contributed by atoms with van der Waals surface area (Å²) >= 11 is 1.45. The normalized spacial score (nSPS) is 10.3. The zero-order chi connectivity index (χ0) is 14.5. The van der Waals surface area contributed by atoms with E-state index in [4.69, 9.17) is 5.73 Å². The van der Waals surface area contributed by atoms with Gasteiger partial charge >= 0.3 is 0 Å². The Kier molecular flexibility index (Phi) is 4.69. The van der Waals surface area contributed by atoms with Gasteiger partial charge in [0.05, 0.1) is 5.75 Å². The molecular weight excluding hydrogens is 268 g/mol. The van der Waals surface area contributed by atoms with Crippen molar-refractivity contribution in [2.75, 3.05) is 16.8 Å². The molecule has 0 saturated heterocycles. The predicted octanol–water partition coefficient (Wildman–Crippen LogP) is 3.62. The predicted molar refractivity (Wildman–Crippen MR) is 86.1 cm³/mol. The molecule has 2 aromatic carbocycles. The van der Waals surface area contributed by atoms with Gasteiger partial charge in [-0.2, -0.15) is 0 Å². The molecule has 0 heterocycles. The second-order valence-corrected chi connectivity index (χ2v) is 5.77. The van der Waals surface area contributed by atoms with Crippen LogP contribution in [0, 0.1) is 13.8 Å². The van der Waals surface area contributed by atoms with E-state index in [-0.39, 0.29) is 5.91 Å². The van der Waals surface area contributed by atoms with Crippen LogP contribution in [0.1, 0.15) is 11.1 Å². The number of benzene rings is 2. The van der Waals surface area contributed by atoms with Gasteiger partial charge in [-0.1, -0.05) is 18.2 Å². The highest BCUT2D eigenvalue weighted by atomic mass is 32.2. The fourth-order valence-electron chi connectivity index (χ4n) is 2.00. The summed E-state index contributed by atoms with van der Waals surface area (Å²) in [7, 11) is 0. The Labute approximate surface area is 123 Å². The first-order valence-electron chi connectivity index (χ1n) is 6.40. The fourth-order valence-corrected chi connectivity index (χ4v) is 2.77. The van der Waals surface area contributed by atoms with E-state index in [9.17, 15) is 4.79 Å². The van der Waals surface area contributed by atoms with Crippen LogP contribution in [-0.4, -0.2) is 11.7 Å². The van der Waals surface area contributed by atoms with Crippen LogP contribution in [0.15, 0.2) is 47.4 Å². The van der Waals surface area contributed by atoms with Crippen LogP contribution in [0.3, 0.4) is 0 Å². The van der Waals surface area contributed by atoms with Crippen LogP contribution < -0.4 is 11.1 Å². The maximum Gasteiger partial charge on any atom is 0.234 e. The molecule has 0 aliphatic heterocycles. The zero-order valence-electron chi connectivity index (χ0n) is 11.6. The topological polar surface area (TPSA) is 55.1 Å². The number of para-hydroxylation sites is 1. The zero-order valence-corrected chi connectivity index (χ0v) is 12.5. The minimum atomic E-state index is -0.0248. The Hall–Kier alpha value is -1.94. The van der Waals surface area contributed by atoms with Crippen LogP contribution in [0.25, 0.3) is 0 Å². The quantitative estimate of drug-likeness (QED) is 0.667. The molecule has 0 atom stereocenters. The molecule has 3 nitrogen and oxygen atoms in total. The monoisotopic (exact) mass is 286 g/mol. The van der Waals surface area contributed by atoms with Crippen LogP contribution in [0.4, 0.5) is 11.4 Å². The number of rotatable bonds is 4. The molecule has 2 aromatic rings. The number of hydrogen-bond acceptors (Lipinski definition) is 3. The maximum atomic E-state index is 11.9. The molecule has 0 saturated carbocycles. The third kappa shape index (κ3) is 4.03. The molecule has 104 valence electrons. The van der Waals surface area contributed by atoms with E-state index in [0.29, 0.717) is 11.4 Å². The van der Waals surface area contributed by atoms with E-state index in [2.05, 4.69) is 11.4 Å². The molecule has 0 radical (unpaired) electrons. The minimum Gasteiger partial charge on any atom is -0.398 e. The average Bonchev–Trinajstić information content (AvgIpc) is 2.36. The molecule has 0 aliphatic rings. The summed E-state index contributed by atoms with van der Waals surface area (Å²) in [6.07, 6.45) is 0. The van der Waals surface area contributed by atoms with Gasteiger partial charge in [0.25, 0.3) is 0 Å². The lowest BCUT2D eigenvalue weighted by Gasteiger charge is -2.08. The summed E-state index contributed by atoms with van der Waals surface area (Å²) in [5.74, 6) is 0.324. The molecule has 0 aliphatic carbocycles. The highest BCUT2D eigenvalue weighted by Crippen LogP contribution is 2.24. The number of hydrogen-bond donors (Lipinski definition) is 2. The lowest BCUT2D eigenvalue weighted by Crippen LogP contribution is -2.14. The number of anilines is 2. The van der Waals surface area contributed by atoms with Gasteiger partial charge in [0.2, 0.25) is 5.91 Å². The first-order chi connectivity index (χ1) is 9.54. The van der Waals surface area contributed by atoms with E-state index in [1.54, 1.807) is 0 Å². The fraction of sp³-hybridized carbons (Fsp3) is 0.188. The summed E-state index contributed by atoms with van der Waals surface area (Å²) in [5, 5.41) is 2.91.